The van der Waals surface area contributed by atoms with Gasteiger partial charge in [0.15, 0.2) is 8.32 Å². The summed E-state index contributed by atoms with van der Waals surface area (Å²) in [6.45, 7) is 23.5. The van der Waals surface area contributed by atoms with Crippen molar-refractivity contribution in [3.63, 3.8) is 0 Å². The predicted molar refractivity (Wildman–Crippen MR) is 110 cm³/mol. The van der Waals surface area contributed by atoms with Gasteiger partial charge in [-0.3, -0.25) is 0 Å². The van der Waals surface area contributed by atoms with Crippen molar-refractivity contribution in [3.8, 4) is 0 Å². The zero-order valence-corrected chi connectivity index (χ0v) is 18.4. The minimum absolute atomic E-state index is 0.0514. The summed E-state index contributed by atoms with van der Waals surface area (Å²) in [5.41, 5.74) is 2.23. The molecule has 0 saturated carbocycles. The summed E-state index contributed by atoms with van der Waals surface area (Å²) >= 11 is 0. The molecule has 0 bridgehead atoms. The first-order chi connectivity index (χ1) is 10.9. The van der Waals surface area contributed by atoms with Crippen molar-refractivity contribution in [1.29, 1.82) is 0 Å². The third-order valence-corrected chi connectivity index (χ3v) is 9.89. The van der Waals surface area contributed by atoms with Gasteiger partial charge in [0.2, 0.25) is 0 Å². The van der Waals surface area contributed by atoms with Crippen LogP contribution in [0.5, 0.6) is 0 Å². The summed E-state index contributed by atoms with van der Waals surface area (Å²) in [5.74, 6) is 0.122. The Hall–Kier alpha value is -0.643. The van der Waals surface area contributed by atoms with Crippen LogP contribution in [0, 0.1) is 5.92 Å². The lowest BCUT2D eigenvalue weighted by Gasteiger charge is -2.39. The highest BCUT2D eigenvalue weighted by molar-refractivity contribution is 6.74. The first-order valence-electron chi connectivity index (χ1n) is 9.19. The topological polar surface area (TPSA) is 29.5 Å². The Morgan fingerprint density at radius 1 is 1.21 bits per heavy atom. The average Bonchev–Trinajstić information content (AvgIpc) is 2.49. The molecule has 0 amide bonds. The summed E-state index contributed by atoms with van der Waals surface area (Å²) in [6.07, 6.45) is 7.48. The van der Waals surface area contributed by atoms with Crippen LogP contribution in [-0.2, 0) is 4.43 Å². The van der Waals surface area contributed by atoms with Gasteiger partial charge in [-0.25, -0.2) is 0 Å². The second-order valence-corrected chi connectivity index (χ2v) is 13.1. The van der Waals surface area contributed by atoms with E-state index in [0.717, 1.165) is 18.4 Å². The number of hydrogen-bond donors (Lipinski definition) is 1. The van der Waals surface area contributed by atoms with E-state index in [2.05, 4.69) is 60.4 Å². The molecule has 0 saturated heterocycles. The Morgan fingerprint density at radius 3 is 2.12 bits per heavy atom. The quantitative estimate of drug-likeness (QED) is 0.392. The highest BCUT2D eigenvalue weighted by Crippen LogP contribution is 2.38. The van der Waals surface area contributed by atoms with Crippen LogP contribution in [-0.4, -0.2) is 25.6 Å². The lowest BCUT2D eigenvalue weighted by molar-refractivity contribution is 0.159. The van der Waals surface area contributed by atoms with Gasteiger partial charge in [-0.05, 0) is 62.9 Å². The highest BCUT2D eigenvalue weighted by Gasteiger charge is 2.39. The molecule has 0 aromatic carbocycles. The van der Waals surface area contributed by atoms with Crippen LogP contribution in [0.1, 0.15) is 61.3 Å². The molecule has 0 radical (unpaired) electrons. The van der Waals surface area contributed by atoms with Crippen LogP contribution in [0.15, 0.2) is 36.0 Å². The van der Waals surface area contributed by atoms with Crippen LogP contribution in [0.25, 0.3) is 0 Å². The zero-order valence-electron chi connectivity index (χ0n) is 17.4. The molecule has 0 aliphatic heterocycles. The monoisotopic (exact) mass is 352 g/mol. The van der Waals surface area contributed by atoms with E-state index < -0.39 is 14.4 Å². The van der Waals surface area contributed by atoms with Gasteiger partial charge < -0.3 is 9.53 Å². The maximum absolute atomic E-state index is 10.5. The number of aliphatic hydroxyl groups excluding tert-OH is 1. The van der Waals surface area contributed by atoms with Crippen molar-refractivity contribution in [2.24, 2.45) is 5.92 Å². The lowest BCUT2D eigenvalue weighted by atomic mass is 9.91. The van der Waals surface area contributed by atoms with E-state index in [1.165, 1.54) is 5.57 Å². The second kappa shape index (κ2) is 9.74. The number of hydrogen-bond acceptors (Lipinski definition) is 2. The maximum Gasteiger partial charge on any atom is 0.192 e. The number of aliphatic hydroxyl groups is 1. The van der Waals surface area contributed by atoms with Crippen LogP contribution in [0.3, 0.4) is 0 Å². The standard InChI is InChI=1S/C21H40O2Si/c1-11-14-19(23-24(9,10)21(6,7)8)17(5)15-18(13-3)20(22)16(4)12-2/h11-12,15,18-20,22H,1,13-14H2,2-10H3/b16-12+,17-15+/t18-,19-,20-/m0/s1. The molecule has 1 N–H and O–H groups in total. The third-order valence-electron chi connectivity index (χ3n) is 5.41. The highest BCUT2D eigenvalue weighted by atomic mass is 28.4. The number of rotatable bonds is 9. The lowest BCUT2D eigenvalue weighted by Crippen LogP contribution is -2.44. The second-order valence-electron chi connectivity index (χ2n) is 8.35. The van der Waals surface area contributed by atoms with E-state index in [1.807, 2.05) is 26.0 Å². The third kappa shape index (κ3) is 6.70. The molecular weight excluding hydrogens is 312 g/mol. The molecule has 0 fully saturated rings. The molecule has 2 nitrogen and oxygen atoms in total. The first kappa shape index (κ1) is 23.4. The minimum atomic E-state index is -1.85. The zero-order chi connectivity index (χ0) is 19.1. The van der Waals surface area contributed by atoms with Gasteiger partial charge in [-0.2, -0.15) is 0 Å². The van der Waals surface area contributed by atoms with Gasteiger partial charge >= 0.3 is 0 Å². The first-order valence-corrected chi connectivity index (χ1v) is 12.1. The molecule has 24 heavy (non-hydrogen) atoms. The predicted octanol–water partition coefficient (Wildman–Crippen LogP) is 6.25. The largest absolute Gasteiger partial charge is 0.410 e. The molecule has 0 aliphatic carbocycles. The molecular formula is C21H40O2Si. The Kier molecular flexibility index (Phi) is 9.48. The van der Waals surface area contributed by atoms with E-state index in [4.69, 9.17) is 4.43 Å². The molecule has 140 valence electrons. The van der Waals surface area contributed by atoms with Gasteiger partial charge in [0.1, 0.15) is 0 Å². The van der Waals surface area contributed by atoms with E-state index >= 15 is 0 Å². The van der Waals surface area contributed by atoms with Crippen molar-refractivity contribution in [3.05, 3.63) is 36.0 Å². The average molecular weight is 353 g/mol. The fraction of sp³-hybridized carbons (Fsp3) is 0.714. The Morgan fingerprint density at radius 2 is 1.75 bits per heavy atom. The summed E-state index contributed by atoms with van der Waals surface area (Å²) in [4.78, 5) is 0. The van der Waals surface area contributed by atoms with Gasteiger partial charge in [-0.15, -0.1) is 6.58 Å². The van der Waals surface area contributed by atoms with Crippen molar-refractivity contribution >= 4 is 8.32 Å². The molecule has 0 spiro atoms. The van der Waals surface area contributed by atoms with Gasteiger partial charge in [-0.1, -0.05) is 45.9 Å². The Bertz CT molecular complexity index is 455. The maximum atomic E-state index is 10.5. The number of allylic oxidation sites excluding steroid dienone is 1. The summed E-state index contributed by atoms with van der Waals surface area (Å²) in [7, 11) is -1.85. The van der Waals surface area contributed by atoms with Gasteiger partial charge in [0.25, 0.3) is 0 Å². The summed E-state index contributed by atoms with van der Waals surface area (Å²) in [5, 5.41) is 10.7. The van der Waals surface area contributed by atoms with Crippen LogP contribution >= 0.6 is 0 Å². The minimum Gasteiger partial charge on any atom is -0.410 e. The van der Waals surface area contributed by atoms with Crippen LogP contribution < -0.4 is 0 Å². The summed E-state index contributed by atoms with van der Waals surface area (Å²) < 4.78 is 6.62. The summed E-state index contributed by atoms with van der Waals surface area (Å²) in [6, 6.07) is 0. The molecule has 3 heteroatoms. The molecule has 0 rings (SSSR count). The van der Waals surface area contributed by atoms with Gasteiger partial charge in [0, 0.05) is 5.92 Å². The van der Waals surface area contributed by atoms with E-state index in [9.17, 15) is 5.11 Å². The van der Waals surface area contributed by atoms with E-state index in [-0.39, 0.29) is 17.1 Å². The Labute approximate surface area is 151 Å². The fourth-order valence-corrected chi connectivity index (χ4v) is 3.74. The van der Waals surface area contributed by atoms with Crippen molar-refractivity contribution in [1.82, 2.24) is 0 Å². The van der Waals surface area contributed by atoms with Crippen molar-refractivity contribution < 1.29 is 9.53 Å². The SMILES string of the molecule is C=CC[C@H](O[Si](C)(C)C(C)(C)C)/C(C)=C/[C@H](CC)[C@@H](O)/C(C)=C/C. The smallest absolute Gasteiger partial charge is 0.192 e. The van der Waals surface area contributed by atoms with Gasteiger partial charge in [0.05, 0.1) is 12.2 Å². The molecule has 0 aliphatic rings. The van der Waals surface area contributed by atoms with Crippen molar-refractivity contribution in [2.45, 2.75) is 91.6 Å². The Balaban J connectivity index is 5.47. The normalized spacial score (nSPS) is 18.2. The van der Waals surface area contributed by atoms with Crippen LogP contribution in [0.4, 0.5) is 0 Å². The molecule has 3 atom stereocenters. The van der Waals surface area contributed by atoms with E-state index in [0.29, 0.717) is 0 Å². The van der Waals surface area contributed by atoms with E-state index in [1.54, 1.807) is 0 Å². The molecule has 0 unspecified atom stereocenters. The molecule has 0 heterocycles. The molecule has 0 aromatic heterocycles. The fourth-order valence-electron chi connectivity index (χ4n) is 2.40. The molecule has 0 aromatic rings. The van der Waals surface area contributed by atoms with Crippen molar-refractivity contribution in [2.75, 3.05) is 0 Å². The van der Waals surface area contributed by atoms with Crippen LogP contribution in [0.2, 0.25) is 18.1 Å².